The second kappa shape index (κ2) is 10.9. The summed E-state index contributed by atoms with van der Waals surface area (Å²) in [5.74, 6) is 1.07. The van der Waals surface area contributed by atoms with Crippen molar-refractivity contribution in [2.75, 3.05) is 26.9 Å². The Kier molecular flexibility index (Phi) is 7.54. The number of aliphatic carboxylic acids is 1. The van der Waals surface area contributed by atoms with Gasteiger partial charge in [-0.1, -0.05) is 12.1 Å². The Hall–Kier alpha value is -3.43. The standard InChI is InChI=1S/C24H26N2O7/c1-29-20-13-18-19(14-21(20)30-10-11-32-23-4-2-3-9-31-23)25-15-26-24(18)33-17-7-5-16(6-8-17)12-22(27)28/h5-8,13-15,23H,2-4,9-12H2,1H3,(H,27,28). The van der Waals surface area contributed by atoms with Gasteiger partial charge in [0.05, 0.1) is 31.0 Å². The molecule has 9 heteroatoms. The number of carbonyl (C=O) groups is 1. The summed E-state index contributed by atoms with van der Waals surface area (Å²) in [5.41, 5.74) is 1.32. The highest BCUT2D eigenvalue weighted by Crippen LogP contribution is 2.36. The molecule has 174 valence electrons. The first kappa shape index (κ1) is 22.8. The lowest BCUT2D eigenvalue weighted by molar-refractivity contribution is -0.165. The number of hydrogen-bond donors (Lipinski definition) is 1. The quantitative estimate of drug-likeness (QED) is 0.455. The number of benzene rings is 2. The maximum absolute atomic E-state index is 10.9. The molecule has 0 bridgehead atoms. The smallest absolute Gasteiger partial charge is 0.307 e. The zero-order valence-corrected chi connectivity index (χ0v) is 18.4. The Morgan fingerprint density at radius 2 is 1.97 bits per heavy atom. The van der Waals surface area contributed by atoms with Gasteiger partial charge in [0, 0.05) is 12.7 Å². The van der Waals surface area contributed by atoms with Crippen LogP contribution >= 0.6 is 0 Å². The van der Waals surface area contributed by atoms with Gasteiger partial charge in [-0.3, -0.25) is 4.79 Å². The van der Waals surface area contributed by atoms with Crippen LogP contribution < -0.4 is 14.2 Å². The van der Waals surface area contributed by atoms with Crippen molar-refractivity contribution in [3.63, 3.8) is 0 Å². The van der Waals surface area contributed by atoms with E-state index >= 15 is 0 Å². The van der Waals surface area contributed by atoms with Gasteiger partial charge in [0.2, 0.25) is 5.88 Å². The van der Waals surface area contributed by atoms with Gasteiger partial charge in [-0.15, -0.1) is 0 Å². The molecule has 2 heterocycles. The van der Waals surface area contributed by atoms with Crippen molar-refractivity contribution < 1.29 is 33.6 Å². The number of methoxy groups -OCH3 is 1. The molecule has 3 aromatic rings. The Morgan fingerprint density at radius 3 is 2.70 bits per heavy atom. The van der Waals surface area contributed by atoms with Gasteiger partial charge in [-0.05, 0) is 43.0 Å². The molecule has 1 aliphatic rings. The van der Waals surface area contributed by atoms with E-state index in [-0.39, 0.29) is 12.7 Å². The molecule has 2 aromatic carbocycles. The highest BCUT2D eigenvalue weighted by atomic mass is 16.7. The van der Waals surface area contributed by atoms with Crippen molar-refractivity contribution in [3.05, 3.63) is 48.3 Å². The van der Waals surface area contributed by atoms with E-state index in [1.807, 2.05) is 0 Å². The molecular weight excluding hydrogens is 428 g/mol. The van der Waals surface area contributed by atoms with Gasteiger partial charge < -0.3 is 28.8 Å². The van der Waals surface area contributed by atoms with Crippen LogP contribution in [0.1, 0.15) is 24.8 Å². The third-order valence-corrected chi connectivity index (χ3v) is 5.16. The zero-order chi connectivity index (χ0) is 23.0. The first-order valence-corrected chi connectivity index (χ1v) is 10.8. The molecule has 1 fully saturated rings. The first-order valence-electron chi connectivity index (χ1n) is 10.8. The van der Waals surface area contributed by atoms with Crippen LogP contribution in [-0.4, -0.2) is 54.3 Å². The molecule has 1 saturated heterocycles. The lowest BCUT2D eigenvalue weighted by Gasteiger charge is -2.22. The number of rotatable bonds is 10. The van der Waals surface area contributed by atoms with Gasteiger partial charge >= 0.3 is 5.97 Å². The zero-order valence-electron chi connectivity index (χ0n) is 18.4. The minimum atomic E-state index is -0.885. The summed E-state index contributed by atoms with van der Waals surface area (Å²) < 4.78 is 28.6. The first-order chi connectivity index (χ1) is 16.1. The number of carboxylic acids is 1. The van der Waals surface area contributed by atoms with Crippen LogP contribution in [0.5, 0.6) is 23.1 Å². The number of nitrogens with zero attached hydrogens (tertiary/aromatic N) is 2. The summed E-state index contributed by atoms with van der Waals surface area (Å²) in [6.45, 7) is 1.49. The van der Waals surface area contributed by atoms with Gasteiger partial charge in [-0.2, -0.15) is 0 Å². The largest absolute Gasteiger partial charge is 0.493 e. The van der Waals surface area contributed by atoms with E-state index in [0.29, 0.717) is 52.8 Å². The van der Waals surface area contributed by atoms with E-state index < -0.39 is 5.97 Å². The van der Waals surface area contributed by atoms with Crippen LogP contribution in [0.3, 0.4) is 0 Å². The molecule has 4 rings (SSSR count). The maximum Gasteiger partial charge on any atom is 0.307 e. The number of aromatic nitrogens is 2. The van der Waals surface area contributed by atoms with Crippen molar-refractivity contribution in [2.45, 2.75) is 32.0 Å². The van der Waals surface area contributed by atoms with Crippen molar-refractivity contribution in [2.24, 2.45) is 0 Å². The fraction of sp³-hybridized carbons (Fsp3) is 0.375. The molecule has 1 aliphatic heterocycles. The van der Waals surface area contributed by atoms with Crippen LogP contribution in [0.4, 0.5) is 0 Å². The normalized spacial score (nSPS) is 15.8. The number of carboxylic acid groups (broad SMARTS) is 1. The van der Waals surface area contributed by atoms with Crippen molar-refractivity contribution in [3.8, 4) is 23.1 Å². The Morgan fingerprint density at radius 1 is 1.12 bits per heavy atom. The lowest BCUT2D eigenvalue weighted by atomic mass is 10.1. The molecule has 0 saturated carbocycles. The third-order valence-electron chi connectivity index (χ3n) is 5.16. The molecule has 0 spiro atoms. The van der Waals surface area contributed by atoms with Gasteiger partial charge in [0.15, 0.2) is 17.8 Å². The highest BCUT2D eigenvalue weighted by molar-refractivity contribution is 5.87. The average molecular weight is 454 g/mol. The Balaban J connectivity index is 1.45. The second-order valence-electron chi connectivity index (χ2n) is 7.53. The molecule has 0 radical (unpaired) electrons. The van der Waals surface area contributed by atoms with Crippen LogP contribution in [0.15, 0.2) is 42.7 Å². The maximum atomic E-state index is 10.9. The number of hydrogen-bond acceptors (Lipinski definition) is 8. The highest BCUT2D eigenvalue weighted by Gasteiger charge is 2.15. The summed E-state index contributed by atoms with van der Waals surface area (Å²) in [5, 5.41) is 9.56. The monoisotopic (exact) mass is 454 g/mol. The van der Waals surface area contributed by atoms with Crippen LogP contribution in [0.25, 0.3) is 10.9 Å². The topological polar surface area (TPSA) is 109 Å². The summed E-state index contributed by atoms with van der Waals surface area (Å²) >= 11 is 0. The number of ether oxygens (including phenoxy) is 5. The van der Waals surface area contributed by atoms with Gasteiger partial charge in [-0.25, -0.2) is 9.97 Å². The fourth-order valence-corrected chi connectivity index (χ4v) is 3.53. The second-order valence-corrected chi connectivity index (χ2v) is 7.53. The number of fused-ring (bicyclic) bond motifs is 1. The molecule has 33 heavy (non-hydrogen) atoms. The lowest BCUT2D eigenvalue weighted by Crippen LogP contribution is -2.24. The van der Waals surface area contributed by atoms with Crippen LogP contribution in [-0.2, 0) is 20.7 Å². The molecule has 0 amide bonds. The van der Waals surface area contributed by atoms with Crippen molar-refractivity contribution in [1.29, 1.82) is 0 Å². The SMILES string of the molecule is COc1cc2c(Oc3ccc(CC(=O)O)cc3)ncnc2cc1OCCOC1CCCCO1. The Labute approximate surface area is 191 Å². The predicted octanol–water partition coefficient (Wildman–Crippen LogP) is 3.98. The van der Waals surface area contributed by atoms with E-state index in [9.17, 15) is 4.79 Å². The Bertz CT molecular complexity index is 1080. The molecule has 1 unspecified atom stereocenters. The molecule has 0 aliphatic carbocycles. The van der Waals surface area contributed by atoms with E-state index in [0.717, 1.165) is 25.9 Å². The summed E-state index contributed by atoms with van der Waals surface area (Å²) in [7, 11) is 1.56. The third kappa shape index (κ3) is 6.09. The van der Waals surface area contributed by atoms with Gasteiger partial charge in [0.25, 0.3) is 0 Å². The summed E-state index contributed by atoms with van der Waals surface area (Å²) in [4.78, 5) is 19.4. The van der Waals surface area contributed by atoms with E-state index in [1.165, 1.54) is 6.33 Å². The average Bonchev–Trinajstić information content (AvgIpc) is 2.83. The van der Waals surface area contributed by atoms with Crippen molar-refractivity contribution in [1.82, 2.24) is 9.97 Å². The molecule has 9 nitrogen and oxygen atoms in total. The van der Waals surface area contributed by atoms with E-state index in [1.54, 1.807) is 43.5 Å². The minimum absolute atomic E-state index is 0.0462. The summed E-state index contributed by atoms with van der Waals surface area (Å²) in [6.07, 6.45) is 4.30. The molecule has 1 aromatic heterocycles. The van der Waals surface area contributed by atoms with Gasteiger partial charge in [0.1, 0.15) is 18.7 Å². The van der Waals surface area contributed by atoms with Crippen molar-refractivity contribution >= 4 is 16.9 Å². The molecular formula is C24H26N2O7. The van der Waals surface area contributed by atoms with E-state index in [4.69, 9.17) is 28.8 Å². The van der Waals surface area contributed by atoms with Crippen LogP contribution in [0, 0.1) is 0 Å². The molecule has 1 N–H and O–H groups in total. The van der Waals surface area contributed by atoms with Crippen LogP contribution in [0.2, 0.25) is 0 Å². The fourth-order valence-electron chi connectivity index (χ4n) is 3.53. The predicted molar refractivity (Wildman–Crippen MR) is 119 cm³/mol. The van der Waals surface area contributed by atoms with E-state index in [2.05, 4.69) is 9.97 Å². The minimum Gasteiger partial charge on any atom is -0.493 e. The summed E-state index contributed by atoms with van der Waals surface area (Å²) in [6, 6.07) is 10.4. The molecule has 1 atom stereocenters.